The van der Waals surface area contributed by atoms with Crippen LogP contribution in [-0.4, -0.2) is 22.7 Å². The van der Waals surface area contributed by atoms with E-state index in [0.717, 1.165) is 17.1 Å². The Labute approximate surface area is 132 Å². The van der Waals surface area contributed by atoms with Gasteiger partial charge in [-0.2, -0.15) is 0 Å². The molecule has 0 saturated carbocycles. The van der Waals surface area contributed by atoms with Gasteiger partial charge in [-0.1, -0.05) is 25.1 Å². The number of aryl methyl sites for hydroxylation is 1. The minimum Gasteiger partial charge on any atom is -0.386 e. The molecule has 1 aromatic carbocycles. The number of urea groups is 1. The molecule has 0 saturated heterocycles. The number of aliphatic hydroxyl groups excluding tert-OH is 1. The quantitative estimate of drug-likeness (QED) is 0.764. The summed E-state index contributed by atoms with van der Waals surface area (Å²) >= 11 is 1.55. The van der Waals surface area contributed by atoms with Crippen molar-refractivity contribution in [3.8, 4) is 0 Å². The number of hydrogen-bond donors (Lipinski definition) is 3. The fourth-order valence-corrected chi connectivity index (χ4v) is 2.62. The molecule has 0 aliphatic carbocycles. The van der Waals surface area contributed by atoms with Gasteiger partial charge in [0.25, 0.3) is 0 Å². The molecule has 0 aliphatic heterocycles. The number of hydrogen-bond acceptors (Lipinski definition) is 4. The van der Waals surface area contributed by atoms with E-state index in [2.05, 4.69) is 15.6 Å². The molecule has 2 rings (SSSR count). The van der Waals surface area contributed by atoms with Crippen molar-refractivity contribution in [3.05, 3.63) is 51.7 Å². The Morgan fingerprint density at radius 2 is 2.18 bits per heavy atom. The monoisotopic (exact) mass is 323 g/mol. The van der Waals surface area contributed by atoms with Crippen LogP contribution in [0.4, 0.5) is 9.18 Å². The summed E-state index contributed by atoms with van der Waals surface area (Å²) in [6.45, 7) is 2.27. The van der Waals surface area contributed by atoms with Crippen LogP contribution in [-0.2, 0) is 13.0 Å². The molecule has 0 bridgehead atoms. The van der Waals surface area contributed by atoms with Gasteiger partial charge in [-0.25, -0.2) is 14.2 Å². The number of carbonyl (C=O) groups excluding carboxylic acids is 1. The number of aliphatic hydroxyl groups is 1. The molecule has 1 atom stereocenters. The summed E-state index contributed by atoms with van der Waals surface area (Å²) < 4.78 is 13.5. The topological polar surface area (TPSA) is 74.2 Å². The van der Waals surface area contributed by atoms with Gasteiger partial charge < -0.3 is 15.7 Å². The highest BCUT2D eigenvalue weighted by Gasteiger charge is 2.13. The summed E-state index contributed by atoms with van der Waals surface area (Å²) in [6, 6.07) is 5.51. The minimum atomic E-state index is -1.09. The van der Waals surface area contributed by atoms with E-state index in [1.807, 2.05) is 12.3 Å². The second kappa shape index (κ2) is 7.86. The van der Waals surface area contributed by atoms with Gasteiger partial charge in [-0.05, 0) is 12.5 Å². The lowest BCUT2D eigenvalue weighted by molar-refractivity contribution is 0.169. The smallest absolute Gasteiger partial charge is 0.315 e. The van der Waals surface area contributed by atoms with E-state index >= 15 is 0 Å². The summed E-state index contributed by atoms with van der Waals surface area (Å²) in [4.78, 5) is 16.0. The first-order chi connectivity index (χ1) is 10.6. The molecular formula is C15H18FN3O2S. The van der Waals surface area contributed by atoms with E-state index in [0.29, 0.717) is 6.54 Å². The van der Waals surface area contributed by atoms with Crippen molar-refractivity contribution in [1.29, 1.82) is 0 Å². The van der Waals surface area contributed by atoms with Crippen LogP contribution >= 0.6 is 11.3 Å². The molecule has 118 valence electrons. The Morgan fingerprint density at radius 1 is 1.41 bits per heavy atom. The number of rotatable bonds is 6. The normalized spacial score (nSPS) is 12.0. The summed E-state index contributed by atoms with van der Waals surface area (Å²) in [5, 5.41) is 17.9. The van der Waals surface area contributed by atoms with Crippen LogP contribution in [0.2, 0.25) is 0 Å². The molecule has 3 N–H and O–H groups in total. The van der Waals surface area contributed by atoms with Crippen molar-refractivity contribution < 1.29 is 14.3 Å². The van der Waals surface area contributed by atoms with Gasteiger partial charge in [0.15, 0.2) is 0 Å². The Hall–Kier alpha value is -1.99. The van der Waals surface area contributed by atoms with Crippen LogP contribution < -0.4 is 10.6 Å². The summed E-state index contributed by atoms with van der Waals surface area (Å²) in [7, 11) is 0. The Morgan fingerprint density at radius 3 is 2.86 bits per heavy atom. The van der Waals surface area contributed by atoms with Crippen molar-refractivity contribution >= 4 is 17.4 Å². The highest BCUT2D eigenvalue weighted by Crippen LogP contribution is 2.15. The number of amides is 2. The first-order valence-corrected chi connectivity index (χ1v) is 7.85. The predicted octanol–water partition coefficient (Wildman–Crippen LogP) is 2.38. The Bertz CT molecular complexity index is 633. The third-order valence-corrected chi connectivity index (χ3v) is 4.09. The zero-order valence-corrected chi connectivity index (χ0v) is 13.0. The van der Waals surface area contributed by atoms with Gasteiger partial charge in [-0.3, -0.25) is 0 Å². The molecule has 0 fully saturated rings. The van der Waals surface area contributed by atoms with Crippen molar-refractivity contribution in [1.82, 2.24) is 15.6 Å². The lowest BCUT2D eigenvalue weighted by Crippen LogP contribution is -2.37. The molecule has 2 aromatic rings. The number of aromatic nitrogens is 1. The second-order valence-electron chi connectivity index (χ2n) is 4.69. The lowest BCUT2D eigenvalue weighted by atomic mass is 10.1. The summed E-state index contributed by atoms with van der Waals surface area (Å²) in [5.74, 6) is -0.494. The molecule has 22 heavy (non-hydrogen) atoms. The van der Waals surface area contributed by atoms with Crippen LogP contribution in [0.1, 0.15) is 29.3 Å². The number of thiazole rings is 1. The zero-order chi connectivity index (χ0) is 15.9. The number of halogens is 1. The van der Waals surface area contributed by atoms with Crippen molar-refractivity contribution in [2.24, 2.45) is 0 Å². The SMILES string of the molecule is CCc1nc(CNC(=O)NCC(O)c2ccccc2F)cs1. The van der Waals surface area contributed by atoms with Gasteiger partial charge in [-0.15, -0.1) is 11.3 Å². The number of benzene rings is 1. The molecule has 0 aliphatic rings. The Balaban J connectivity index is 1.76. The van der Waals surface area contributed by atoms with Crippen molar-refractivity contribution in [2.45, 2.75) is 26.0 Å². The molecule has 7 heteroatoms. The standard InChI is InChI=1S/C15H18FN3O2S/c1-2-14-19-10(9-22-14)7-17-15(21)18-8-13(20)11-5-3-4-6-12(11)16/h3-6,9,13,20H,2,7-8H2,1H3,(H2,17,18,21). The number of nitrogens with zero attached hydrogens (tertiary/aromatic N) is 1. The predicted molar refractivity (Wildman–Crippen MR) is 83.1 cm³/mol. The van der Waals surface area contributed by atoms with Gasteiger partial charge in [0, 0.05) is 17.5 Å². The first-order valence-electron chi connectivity index (χ1n) is 6.97. The molecule has 2 amide bonds. The second-order valence-corrected chi connectivity index (χ2v) is 5.63. The number of nitrogens with one attached hydrogen (secondary N) is 2. The van der Waals surface area contributed by atoms with Crippen molar-refractivity contribution in [3.63, 3.8) is 0 Å². The van der Waals surface area contributed by atoms with Gasteiger partial charge >= 0.3 is 6.03 Å². The maximum absolute atomic E-state index is 13.5. The molecule has 0 radical (unpaired) electrons. The average molecular weight is 323 g/mol. The molecule has 0 spiro atoms. The zero-order valence-electron chi connectivity index (χ0n) is 12.2. The van der Waals surface area contributed by atoms with Gasteiger partial charge in [0.2, 0.25) is 0 Å². The van der Waals surface area contributed by atoms with E-state index in [9.17, 15) is 14.3 Å². The highest BCUT2D eigenvalue weighted by molar-refractivity contribution is 7.09. The third kappa shape index (κ3) is 4.51. The lowest BCUT2D eigenvalue weighted by Gasteiger charge is -2.13. The maximum atomic E-state index is 13.5. The maximum Gasteiger partial charge on any atom is 0.315 e. The molecule has 1 aromatic heterocycles. The largest absolute Gasteiger partial charge is 0.386 e. The molecule has 1 unspecified atom stereocenters. The minimum absolute atomic E-state index is 0.0654. The summed E-state index contributed by atoms with van der Waals surface area (Å²) in [5.41, 5.74) is 0.960. The van der Waals surface area contributed by atoms with Gasteiger partial charge in [0.1, 0.15) is 5.82 Å². The van der Waals surface area contributed by atoms with E-state index in [-0.39, 0.29) is 12.1 Å². The van der Waals surface area contributed by atoms with Crippen LogP contribution in [0.5, 0.6) is 0 Å². The highest BCUT2D eigenvalue weighted by atomic mass is 32.1. The number of carbonyl (C=O) groups is 1. The van der Waals surface area contributed by atoms with Gasteiger partial charge in [0.05, 0.1) is 23.4 Å². The Kier molecular flexibility index (Phi) is 5.85. The van der Waals surface area contributed by atoms with E-state index in [1.54, 1.807) is 23.5 Å². The average Bonchev–Trinajstić information content (AvgIpc) is 2.99. The van der Waals surface area contributed by atoms with Crippen LogP contribution in [0.3, 0.4) is 0 Å². The van der Waals surface area contributed by atoms with E-state index in [4.69, 9.17) is 0 Å². The molecule has 5 nitrogen and oxygen atoms in total. The fourth-order valence-electron chi connectivity index (χ4n) is 1.87. The van der Waals surface area contributed by atoms with Crippen LogP contribution in [0, 0.1) is 5.82 Å². The van der Waals surface area contributed by atoms with Crippen LogP contribution in [0.25, 0.3) is 0 Å². The van der Waals surface area contributed by atoms with Crippen molar-refractivity contribution in [2.75, 3.05) is 6.54 Å². The molecular weight excluding hydrogens is 305 g/mol. The van der Waals surface area contributed by atoms with E-state index in [1.165, 1.54) is 12.1 Å². The third-order valence-electron chi connectivity index (χ3n) is 3.05. The van der Waals surface area contributed by atoms with Crippen LogP contribution in [0.15, 0.2) is 29.6 Å². The molecule has 1 heterocycles. The summed E-state index contributed by atoms with van der Waals surface area (Å²) in [6.07, 6.45) is -0.219. The van der Waals surface area contributed by atoms with E-state index < -0.39 is 18.0 Å². The first kappa shape index (κ1) is 16.4. The fraction of sp³-hybridized carbons (Fsp3) is 0.333.